The predicted molar refractivity (Wildman–Crippen MR) is 78.7 cm³/mol. The fourth-order valence-corrected chi connectivity index (χ4v) is 5.17. The van der Waals surface area contributed by atoms with E-state index >= 15 is 0 Å². The van der Waals surface area contributed by atoms with Crippen LogP contribution in [0.1, 0.15) is 31.2 Å². The van der Waals surface area contributed by atoms with Crippen LogP contribution >= 0.6 is 0 Å². The third kappa shape index (κ3) is 2.98. The lowest BCUT2D eigenvalue weighted by Crippen LogP contribution is -2.38. The molecule has 0 aliphatic heterocycles. The van der Waals surface area contributed by atoms with Gasteiger partial charge in [-0.05, 0) is 55.8 Å². The molecule has 6 heteroatoms. The lowest BCUT2D eigenvalue weighted by atomic mass is 9.96. The van der Waals surface area contributed by atoms with Gasteiger partial charge in [0, 0.05) is 12.6 Å². The molecule has 0 spiro atoms. The molecule has 3 rings (SSSR count). The molecule has 21 heavy (non-hydrogen) atoms. The summed E-state index contributed by atoms with van der Waals surface area (Å²) in [5.41, 5.74) is 0.757. The van der Waals surface area contributed by atoms with Crippen molar-refractivity contribution in [2.75, 3.05) is 7.05 Å². The standard InChI is InChI=1S/C15H21FN2O2S/c1-17-9-11-3-5-13(16)15(8-11)21(19,20)18-14-7-10-2-4-12(14)6-10/h3,5,8,10,12,14,17-18H,2,4,6-7,9H2,1H3. The number of benzene rings is 1. The van der Waals surface area contributed by atoms with Gasteiger partial charge < -0.3 is 5.32 Å². The third-order valence-electron chi connectivity index (χ3n) is 4.71. The molecule has 3 unspecified atom stereocenters. The summed E-state index contributed by atoms with van der Waals surface area (Å²) < 4.78 is 41.6. The topological polar surface area (TPSA) is 58.2 Å². The van der Waals surface area contributed by atoms with Crippen molar-refractivity contribution in [3.05, 3.63) is 29.6 Å². The molecule has 1 aromatic rings. The first kappa shape index (κ1) is 14.9. The maximum absolute atomic E-state index is 13.9. The Bertz CT molecular complexity index is 633. The highest BCUT2D eigenvalue weighted by molar-refractivity contribution is 7.89. The molecule has 0 radical (unpaired) electrons. The molecule has 2 bridgehead atoms. The fraction of sp³-hybridized carbons (Fsp3) is 0.600. The summed E-state index contributed by atoms with van der Waals surface area (Å²) in [6.07, 6.45) is 4.28. The van der Waals surface area contributed by atoms with Crippen LogP contribution in [0.2, 0.25) is 0 Å². The van der Waals surface area contributed by atoms with Gasteiger partial charge in [-0.3, -0.25) is 0 Å². The molecule has 2 aliphatic rings. The second-order valence-electron chi connectivity index (χ2n) is 6.20. The molecule has 1 aromatic carbocycles. The molecule has 0 saturated heterocycles. The Balaban J connectivity index is 1.82. The molecule has 4 nitrogen and oxygen atoms in total. The van der Waals surface area contributed by atoms with Crippen LogP contribution in [0.4, 0.5) is 4.39 Å². The van der Waals surface area contributed by atoms with Crippen LogP contribution in [-0.2, 0) is 16.6 Å². The maximum atomic E-state index is 13.9. The minimum absolute atomic E-state index is 0.0268. The Kier molecular flexibility index (Phi) is 4.03. The van der Waals surface area contributed by atoms with Crippen molar-refractivity contribution < 1.29 is 12.8 Å². The predicted octanol–water partition coefficient (Wildman–Crippen LogP) is 2.01. The number of halogens is 1. The molecule has 0 amide bonds. The van der Waals surface area contributed by atoms with Crippen molar-refractivity contribution in [1.82, 2.24) is 10.0 Å². The van der Waals surface area contributed by atoms with Gasteiger partial charge in [0.05, 0.1) is 0 Å². The van der Waals surface area contributed by atoms with Gasteiger partial charge >= 0.3 is 0 Å². The van der Waals surface area contributed by atoms with Crippen LogP contribution in [0.5, 0.6) is 0 Å². The minimum Gasteiger partial charge on any atom is -0.316 e. The Morgan fingerprint density at radius 3 is 2.71 bits per heavy atom. The monoisotopic (exact) mass is 312 g/mol. The zero-order valence-electron chi connectivity index (χ0n) is 12.1. The number of sulfonamides is 1. The van der Waals surface area contributed by atoms with Crippen LogP contribution in [0.3, 0.4) is 0 Å². The Hall–Kier alpha value is -0.980. The van der Waals surface area contributed by atoms with Crippen molar-refractivity contribution in [1.29, 1.82) is 0 Å². The van der Waals surface area contributed by atoms with E-state index in [0.717, 1.165) is 24.8 Å². The molecular formula is C15H21FN2O2S. The summed E-state index contributed by atoms with van der Waals surface area (Å²) in [6, 6.07) is 4.22. The number of rotatable bonds is 5. The number of fused-ring (bicyclic) bond motifs is 2. The summed E-state index contributed by atoms with van der Waals surface area (Å²) in [4.78, 5) is -0.238. The van der Waals surface area contributed by atoms with Gasteiger partial charge in [-0.1, -0.05) is 12.5 Å². The Morgan fingerprint density at radius 2 is 2.10 bits per heavy atom. The summed E-state index contributed by atoms with van der Waals surface area (Å²) in [7, 11) is -2.02. The number of hydrogen-bond donors (Lipinski definition) is 2. The highest BCUT2D eigenvalue weighted by atomic mass is 32.2. The lowest BCUT2D eigenvalue weighted by molar-refractivity contribution is 0.389. The first-order valence-corrected chi connectivity index (χ1v) is 8.93. The average molecular weight is 312 g/mol. The van der Waals surface area contributed by atoms with Crippen molar-refractivity contribution in [2.24, 2.45) is 11.8 Å². The summed E-state index contributed by atoms with van der Waals surface area (Å²) in [6.45, 7) is 0.511. The first-order valence-electron chi connectivity index (χ1n) is 7.45. The van der Waals surface area contributed by atoms with Crippen molar-refractivity contribution in [3.8, 4) is 0 Å². The van der Waals surface area contributed by atoms with Crippen molar-refractivity contribution >= 4 is 10.0 Å². The molecular weight excluding hydrogens is 291 g/mol. The maximum Gasteiger partial charge on any atom is 0.243 e. The Labute approximate surface area is 125 Å². The summed E-state index contributed by atoms with van der Waals surface area (Å²) in [5, 5.41) is 2.94. The van der Waals surface area contributed by atoms with Gasteiger partial charge in [-0.2, -0.15) is 0 Å². The highest BCUT2D eigenvalue weighted by Crippen LogP contribution is 2.44. The molecule has 2 fully saturated rings. The van der Waals surface area contributed by atoms with Crippen LogP contribution in [0.15, 0.2) is 23.1 Å². The molecule has 0 aromatic heterocycles. The van der Waals surface area contributed by atoms with Crippen LogP contribution < -0.4 is 10.0 Å². The van der Waals surface area contributed by atoms with E-state index in [0.29, 0.717) is 18.4 Å². The van der Waals surface area contributed by atoms with Gasteiger partial charge in [0.25, 0.3) is 0 Å². The van der Waals surface area contributed by atoms with Crippen molar-refractivity contribution in [2.45, 2.75) is 43.2 Å². The van der Waals surface area contributed by atoms with Crippen LogP contribution in [0.25, 0.3) is 0 Å². The van der Waals surface area contributed by atoms with E-state index in [1.165, 1.54) is 18.6 Å². The van der Waals surface area contributed by atoms with E-state index in [-0.39, 0.29) is 10.9 Å². The molecule has 0 heterocycles. The lowest BCUT2D eigenvalue weighted by Gasteiger charge is -2.23. The highest BCUT2D eigenvalue weighted by Gasteiger charge is 2.41. The summed E-state index contributed by atoms with van der Waals surface area (Å²) >= 11 is 0. The van der Waals surface area contributed by atoms with Gasteiger partial charge in [0.2, 0.25) is 10.0 Å². The van der Waals surface area contributed by atoms with Gasteiger partial charge in [-0.25, -0.2) is 17.5 Å². The zero-order chi connectivity index (χ0) is 15.0. The van der Waals surface area contributed by atoms with Crippen LogP contribution in [0, 0.1) is 17.7 Å². The van der Waals surface area contributed by atoms with E-state index < -0.39 is 15.8 Å². The smallest absolute Gasteiger partial charge is 0.243 e. The molecule has 2 N–H and O–H groups in total. The quantitative estimate of drug-likeness (QED) is 0.874. The third-order valence-corrected chi connectivity index (χ3v) is 6.22. The van der Waals surface area contributed by atoms with Gasteiger partial charge in [0.1, 0.15) is 10.7 Å². The van der Waals surface area contributed by atoms with E-state index in [2.05, 4.69) is 10.0 Å². The first-order chi connectivity index (χ1) is 9.99. The second-order valence-corrected chi connectivity index (χ2v) is 7.88. The van der Waals surface area contributed by atoms with Gasteiger partial charge in [-0.15, -0.1) is 0 Å². The molecule has 2 aliphatic carbocycles. The molecule has 116 valence electrons. The SMILES string of the molecule is CNCc1ccc(F)c(S(=O)(=O)NC2CC3CCC2C3)c1. The fourth-order valence-electron chi connectivity index (χ4n) is 3.72. The number of nitrogens with one attached hydrogen (secondary N) is 2. The van der Waals surface area contributed by atoms with E-state index in [1.54, 1.807) is 13.1 Å². The van der Waals surface area contributed by atoms with E-state index in [1.807, 2.05) is 0 Å². The average Bonchev–Trinajstić information content (AvgIpc) is 3.03. The molecule has 3 atom stereocenters. The summed E-state index contributed by atoms with van der Waals surface area (Å²) in [5.74, 6) is 0.377. The van der Waals surface area contributed by atoms with E-state index in [9.17, 15) is 12.8 Å². The Morgan fingerprint density at radius 1 is 1.29 bits per heavy atom. The molecule has 2 saturated carbocycles. The second kappa shape index (κ2) is 5.66. The normalized spacial score (nSPS) is 28.2. The largest absolute Gasteiger partial charge is 0.316 e. The zero-order valence-corrected chi connectivity index (χ0v) is 12.9. The number of hydrogen-bond acceptors (Lipinski definition) is 3. The van der Waals surface area contributed by atoms with Crippen molar-refractivity contribution in [3.63, 3.8) is 0 Å². The van der Waals surface area contributed by atoms with Crippen LogP contribution in [-0.4, -0.2) is 21.5 Å². The van der Waals surface area contributed by atoms with Gasteiger partial charge in [0.15, 0.2) is 0 Å². The minimum atomic E-state index is -3.79. The van der Waals surface area contributed by atoms with E-state index in [4.69, 9.17) is 0 Å².